The van der Waals surface area contributed by atoms with E-state index in [0.717, 1.165) is 23.5 Å². The molecule has 0 radical (unpaired) electrons. The fraction of sp³-hybridized carbons (Fsp3) is 0.200. The Morgan fingerprint density at radius 2 is 1.83 bits per heavy atom. The molecule has 1 heterocycles. The second-order valence-electron chi connectivity index (χ2n) is 6.46. The van der Waals surface area contributed by atoms with Gasteiger partial charge in [0, 0.05) is 26.8 Å². The summed E-state index contributed by atoms with van der Waals surface area (Å²) in [5, 5.41) is 9.32. The standard InChI is InChI=1S/C20H15Cl2NO4S2/c1-9(2)17(24)16-14-12(28-18(23-16)19(25)26)7-4-8-13(14)29-20(27)10-5-3-6-11(21)15(10)22/h3-9,16H,1-2H3,(H,25,26). The van der Waals surface area contributed by atoms with Crippen molar-refractivity contribution < 1.29 is 19.5 Å². The topological polar surface area (TPSA) is 83.8 Å². The molecule has 0 fully saturated rings. The van der Waals surface area contributed by atoms with E-state index in [9.17, 15) is 19.5 Å². The van der Waals surface area contributed by atoms with E-state index in [4.69, 9.17) is 23.2 Å². The van der Waals surface area contributed by atoms with Gasteiger partial charge in [0.2, 0.25) is 5.12 Å². The van der Waals surface area contributed by atoms with E-state index in [1.54, 1.807) is 50.2 Å². The number of rotatable bonds is 5. The maximum atomic E-state index is 12.9. The Bertz CT molecular complexity index is 1050. The molecule has 29 heavy (non-hydrogen) atoms. The molecule has 1 unspecified atom stereocenters. The van der Waals surface area contributed by atoms with Gasteiger partial charge in [-0.05, 0) is 36.0 Å². The summed E-state index contributed by atoms with van der Waals surface area (Å²) < 4.78 is 0. The zero-order valence-electron chi connectivity index (χ0n) is 15.3. The molecule has 0 bridgehead atoms. The smallest absolute Gasteiger partial charge is 0.361 e. The molecule has 1 aliphatic rings. The number of aliphatic carboxylic acids is 1. The van der Waals surface area contributed by atoms with Crippen LogP contribution in [0.4, 0.5) is 0 Å². The number of thioether (sulfide) groups is 2. The first-order valence-corrected chi connectivity index (χ1v) is 10.9. The summed E-state index contributed by atoms with van der Waals surface area (Å²) >= 11 is 14.0. The molecule has 5 nitrogen and oxygen atoms in total. The lowest BCUT2D eigenvalue weighted by Crippen LogP contribution is -2.24. The molecule has 0 aliphatic carbocycles. The van der Waals surface area contributed by atoms with Gasteiger partial charge in [-0.2, -0.15) is 0 Å². The predicted octanol–water partition coefficient (Wildman–Crippen LogP) is 5.78. The summed E-state index contributed by atoms with van der Waals surface area (Å²) in [5.41, 5.74) is 0.796. The van der Waals surface area contributed by atoms with Crippen LogP contribution in [-0.2, 0) is 9.59 Å². The molecule has 1 N–H and O–H groups in total. The van der Waals surface area contributed by atoms with E-state index < -0.39 is 12.0 Å². The number of carbonyl (C=O) groups is 3. The average Bonchev–Trinajstić information content (AvgIpc) is 2.68. The third-order valence-corrected chi connectivity index (χ3v) is 7.00. The van der Waals surface area contributed by atoms with Gasteiger partial charge in [-0.25, -0.2) is 4.79 Å². The molecule has 1 aliphatic heterocycles. The molecule has 9 heteroatoms. The molecule has 0 saturated heterocycles. The number of carboxylic acid groups (broad SMARTS) is 1. The lowest BCUT2D eigenvalue weighted by atomic mass is 9.95. The van der Waals surface area contributed by atoms with Gasteiger partial charge >= 0.3 is 5.97 Å². The number of nitrogens with zero attached hydrogens (tertiary/aromatic N) is 1. The van der Waals surface area contributed by atoms with E-state index in [-0.39, 0.29) is 37.5 Å². The highest BCUT2D eigenvalue weighted by molar-refractivity contribution is 8.16. The van der Waals surface area contributed by atoms with E-state index >= 15 is 0 Å². The number of benzene rings is 2. The average molecular weight is 468 g/mol. The number of fused-ring (bicyclic) bond motifs is 1. The number of hydrogen-bond donors (Lipinski definition) is 1. The van der Waals surface area contributed by atoms with Gasteiger partial charge in [-0.1, -0.05) is 60.9 Å². The van der Waals surface area contributed by atoms with Crippen molar-refractivity contribution in [3.8, 4) is 0 Å². The van der Waals surface area contributed by atoms with Gasteiger partial charge in [-0.3, -0.25) is 14.6 Å². The van der Waals surface area contributed by atoms with Crippen molar-refractivity contribution in [3.05, 3.63) is 57.6 Å². The van der Waals surface area contributed by atoms with E-state index in [0.29, 0.717) is 15.4 Å². The van der Waals surface area contributed by atoms with Gasteiger partial charge < -0.3 is 5.11 Å². The number of Topliss-reactive ketones (excluding diaryl/α,β-unsaturated/α-hetero) is 1. The van der Waals surface area contributed by atoms with Crippen molar-refractivity contribution in [2.24, 2.45) is 10.9 Å². The molecular formula is C20H15Cl2NO4S2. The Morgan fingerprint density at radius 1 is 1.14 bits per heavy atom. The number of carbonyl (C=O) groups excluding carboxylic acids is 2. The summed E-state index contributed by atoms with van der Waals surface area (Å²) in [6.45, 7) is 3.46. The van der Waals surface area contributed by atoms with Crippen LogP contribution in [0.25, 0.3) is 0 Å². The molecule has 2 aromatic carbocycles. The number of carboxylic acids is 1. The summed E-state index contributed by atoms with van der Waals surface area (Å²) in [5.74, 6) is -1.76. The highest BCUT2D eigenvalue weighted by Crippen LogP contribution is 2.44. The van der Waals surface area contributed by atoms with Gasteiger partial charge in [-0.15, -0.1) is 0 Å². The Kier molecular flexibility index (Phi) is 6.73. The second-order valence-corrected chi connectivity index (χ2v) is 9.29. The molecule has 0 spiro atoms. The lowest BCUT2D eigenvalue weighted by molar-refractivity contribution is -0.129. The normalized spacial score (nSPS) is 15.6. The Labute approximate surface area is 185 Å². The van der Waals surface area contributed by atoms with Crippen molar-refractivity contribution in [3.63, 3.8) is 0 Å². The summed E-state index contributed by atoms with van der Waals surface area (Å²) in [6.07, 6.45) is 0. The lowest BCUT2D eigenvalue weighted by Gasteiger charge is -2.24. The second kappa shape index (κ2) is 8.92. The van der Waals surface area contributed by atoms with Crippen LogP contribution in [0.1, 0.15) is 35.8 Å². The van der Waals surface area contributed by atoms with Crippen LogP contribution >= 0.6 is 46.7 Å². The van der Waals surface area contributed by atoms with Crippen molar-refractivity contribution >= 4 is 68.6 Å². The van der Waals surface area contributed by atoms with E-state index in [1.165, 1.54) is 0 Å². The Hall–Kier alpha value is -1.80. The van der Waals surface area contributed by atoms with Crippen LogP contribution in [0.2, 0.25) is 10.0 Å². The van der Waals surface area contributed by atoms with Gasteiger partial charge in [0.05, 0.1) is 10.0 Å². The predicted molar refractivity (Wildman–Crippen MR) is 117 cm³/mol. The Morgan fingerprint density at radius 3 is 2.48 bits per heavy atom. The third-order valence-electron chi connectivity index (χ3n) is 4.15. The third kappa shape index (κ3) is 4.53. The maximum absolute atomic E-state index is 12.9. The zero-order chi connectivity index (χ0) is 21.3. The molecule has 3 rings (SSSR count). The SMILES string of the molecule is CC(C)C(=O)C1N=C(C(=O)O)Sc2cccc(SC(=O)c3cccc(Cl)c3Cl)c21. The van der Waals surface area contributed by atoms with Gasteiger partial charge in [0.25, 0.3) is 0 Å². The fourth-order valence-electron chi connectivity index (χ4n) is 2.72. The molecule has 0 amide bonds. The van der Waals surface area contributed by atoms with Gasteiger partial charge in [0.1, 0.15) is 6.04 Å². The molecule has 0 aromatic heterocycles. The maximum Gasteiger partial charge on any atom is 0.361 e. The Balaban J connectivity index is 2.05. The quantitative estimate of drug-likeness (QED) is 0.560. The molecular weight excluding hydrogens is 453 g/mol. The molecule has 1 atom stereocenters. The molecule has 150 valence electrons. The minimum Gasteiger partial charge on any atom is -0.476 e. The van der Waals surface area contributed by atoms with Crippen molar-refractivity contribution in [1.82, 2.24) is 0 Å². The first kappa shape index (κ1) is 21.9. The number of hydrogen-bond acceptors (Lipinski definition) is 6. The summed E-state index contributed by atoms with van der Waals surface area (Å²) in [6, 6.07) is 8.96. The minimum atomic E-state index is -1.19. The fourth-order valence-corrected chi connectivity index (χ4v) is 5.12. The van der Waals surface area contributed by atoms with E-state index in [2.05, 4.69) is 4.99 Å². The van der Waals surface area contributed by atoms with Crippen molar-refractivity contribution in [1.29, 1.82) is 0 Å². The van der Waals surface area contributed by atoms with E-state index in [1.807, 2.05) is 0 Å². The first-order valence-electron chi connectivity index (χ1n) is 8.52. The number of halogens is 2. The van der Waals surface area contributed by atoms with Crippen molar-refractivity contribution in [2.45, 2.75) is 29.7 Å². The number of aliphatic imine (C=N–C) groups is 1. The monoisotopic (exact) mass is 467 g/mol. The first-order chi connectivity index (χ1) is 13.7. The largest absolute Gasteiger partial charge is 0.476 e. The molecule has 0 saturated carbocycles. The summed E-state index contributed by atoms with van der Waals surface area (Å²) in [4.78, 5) is 42.4. The summed E-state index contributed by atoms with van der Waals surface area (Å²) in [7, 11) is 0. The zero-order valence-corrected chi connectivity index (χ0v) is 18.5. The van der Waals surface area contributed by atoms with Crippen molar-refractivity contribution in [2.75, 3.05) is 0 Å². The van der Waals surface area contributed by atoms with Crippen LogP contribution in [0.15, 0.2) is 51.2 Å². The van der Waals surface area contributed by atoms with Crippen LogP contribution in [0, 0.1) is 5.92 Å². The van der Waals surface area contributed by atoms with Crippen LogP contribution in [-0.4, -0.2) is 27.0 Å². The minimum absolute atomic E-state index is 0.150. The van der Waals surface area contributed by atoms with Crippen LogP contribution < -0.4 is 0 Å². The van der Waals surface area contributed by atoms with Crippen LogP contribution in [0.3, 0.4) is 0 Å². The molecule has 2 aromatic rings. The highest BCUT2D eigenvalue weighted by atomic mass is 35.5. The number of ketones is 1. The van der Waals surface area contributed by atoms with Gasteiger partial charge in [0.15, 0.2) is 10.8 Å². The van der Waals surface area contributed by atoms with Crippen LogP contribution in [0.5, 0.6) is 0 Å². The highest BCUT2D eigenvalue weighted by Gasteiger charge is 2.34.